The molecular weight excluding hydrogens is 389 g/mol. The van der Waals surface area contributed by atoms with Crippen LogP contribution in [0.2, 0.25) is 5.02 Å². The van der Waals surface area contributed by atoms with Crippen molar-refractivity contribution in [2.24, 2.45) is 0 Å². The first-order valence-corrected chi connectivity index (χ1v) is 7.49. The Kier molecular flexibility index (Phi) is 5.39. The van der Waals surface area contributed by atoms with Crippen LogP contribution in [0, 0.1) is 3.57 Å². The van der Waals surface area contributed by atoms with Gasteiger partial charge in [-0.3, -0.25) is 4.79 Å². The van der Waals surface area contributed by atoms with E-state index in [1.165, 1.54) is 0 Å². The highest BCUT2D eigenvalue weighted by Gasteiger charge is 2.16. The summed E-state index contributed by atoms with van der Waals surface area (Å²) in [6.07, 6.45) is 0. The lowest BCUT2D eigenvalue weighted by molar-refractivity contribution is 0.0915. The number of carbonyl (C=O) groups is 1. The summed E-state index contributed by atoms with van der Waals surface area (Å²) in [7, 11) is 0. The van der Waals surface area contributed by atoms with E-state index in [9.17, 15) is 9.90 Å². The molecule has 5 heteroatoms. The van der Waals surface area contributed by atoms with Crippen molar-refractivity contribution in [3.8, 4) is 0 Å². The van der Waals surface area contributed by atoms with Gasteiger partial charge in [0.2, 0.25) is 0 Å². The van der Waals surface area contributed by atoms with Crippen molar-refractivity contribution in [1.29, 1.82) is 0 Å². The molecule has 2 aromatic carbocycles. The van der Waals surface area contributed by atoms with Crippen LogP contribution in [0.4, 0.5) is 0 Å². The molecule has 0 spiro atoms. The van der Waals surface area contributed by atoms with Crippen LogP contribution in [-0.4, -0.2) is 17.6 Å². The van der Waals surface area contributed by atoms with Crippen LogP contribution in [-0.2, 0) is 0 Å². The molecule has 2 N–H and O–H groups in total. The summed E-state index contributed by atoms with van der Waals surface area (Å²) >= 11 is 8.00. The third kappa shape index (κ3) is 3.71. The molecule has 0 aliphatic heterocycles. The van der Waals surface area contributed by atoms with E-state index in [4.69, 9.17) is 11.6 Å². The van der Waals surface area contributed by atoms with Gasteiger partial charge in [0.25, 0.3) is 5.91 Å². The summed E-state index contributed by atoms with van der Waals surface area (Å²) in [5.74, 6) is -0.250. The zero-order valence-electron chi connectivity index (χ0n) is 10.5. The van der Waals surface area contributed by atoms with E-state index < -0.39 is 6.04 Å². The fraction of sp³-hybridized carbons (Fsp3) is 0.133. The minimum absolute atomic E-state index is 0.160. The maximum Gasteiger partial charge on any atom is 0.252 e. The summed E-state index contributed by atoms with van der Waals surface area (Å²) in [6.45, 7) is -0.160. The van der Waals surface area contributed by atoms with Gasteiger partial charge in [-0.05, 0) is 46.4 Å². The third-order valence-corrected chi connectivity index (χ3v) is 4.04. The van der Waals surface area contributed by atoms with E-state index in [1.807, 2.05) is 30.3 Å². The van der Waals surface area contributed by atoms with E-state index in [0.29, 0.717) is 10.6 Å². The summed E-state index contributed by atoms with van der Waals surface area (Å²) < 4.78 is 0.814. The number of nitrogens with one attached hydrogen (secondary N) is 1. The Morgan fingerprint density at radius 3 is 2.60 bits per heavy atom. The number of hydrogen-bond acceptors (Lipinski definition) is 2. The van der Waals surface area contributed by atoms with Gasteiger partial charge in [-0.15, -0.1) is 0 Å². The van der Waals surface area contributed by atoms with Crippen molar-refractivity contribution in [2.75, 3.05) is 6.61 Å². The second kappa shape index (κ2) is 7.06. The SMILES string of the molecule is O=C(N[C@H](CO)c1ccccc1)c1cc(Cl)ccc1I. The highest BCUT2D eigenvalue weighted by molar-refractivity contribution is 14.1. The summed E-state index contributed by atoms with van der Waals surface area (Å²) in [4.78, 5) is 12.3. The van der Waals surface area contributed by atoms with Gasteiger partial charge in [-0.2, -0.15) is 0 Å². The average Bonchev–Trinajstić information content (AvgIpc) is 2.48. The number of aliphatic hydroxyl groups is 1. The molecule has 0 aliphatic carbocycles. The smallest absolute Gasteiger partial charge is 0.252 e. The predicted molar refractivity (Wildman–Crippen MR) is 87.9 cm³/mol. The van der Waals surface area contributed by atoms with Crippen molar-refractivity contribution in [3.63, 3.8) is 0 Å². The molecule has 2 aromatic rings. The highest BCUT2D eigenvalue weighted by atomic mass is 127. The Morgan fingerprint density at radius 1 is 1.25 bits per heavy atom. The largest absolute Gasteiger partial charge is 0.394 e. The van der Waals surface area contributed by atoms with Crippen molar-refractivity contribution < 1.29 is 9.90 Å². The molecule has 1 atom stereocenters. The molecule has 0 saturated heterocycles. The number of carbonyl (C=O) groups excluding carboxylic acids is 1. The van der Waals surface area contributed by atoms with Crippen molar-refractivity contribution in [2.45, 2.75) is 6.04 Å². The number of aliphatic hydroxyl groups excluding tert-OH is 1. The van der Waals surface area contributed by atoms with Gasteiger partial charge in [-0.1, -0.05) is 41.9 Å². The number of halogens is 2. The fourth-order valence-electron chi connectivity index (χ4n) is 1.83. The molecule has 0 heterocycles. The van der Waals surface area contributed by atoms with Gasteiger partial charge in [-0.25, -0.2) is 0 Å². The first kappa shape index (κ1) is 15.3. The molecule has 3 nitrogen and oxygen atoms in total. The Balaban J connectivity index is 2.20. The predicted octanol–water partition coefficient (Wildman–Crippen LogP) is 3.41. The lowest BCUT2D eigenvalue weighted by atomic mass is 10.1. The second-order valence-corrected chi connectivity index (χ2v) is 5.84. The molecule has 20 heavy (non-hydrogen) atoms. The molecule has 1 amide bonds. The second-order valence-electron chi connectivity index (χ2n) is 4.24. The van der Waals surface area contributed by atoms with Gasteiger partial charge in [0, 0.05) is 8.59 Å². The topological polar surface area (TPSA) is 49.3 Å². The minimum atomic E-state index is -0.432. The van der Waals surface area contributed by atoms with E-state index >= 15 is 0 Å². The Labute approximate surface area is 136 Å². The zero-order chi connectivity index (χ0) is 14.5. The minimum Gasteiger partial charge on any atom is -0.394 e. The highest BCUT2D eigenvalue weighted by Crippen LogP contribution is 2.19. The first-order chi connectivity index (χ1) is 9.61. The average molecular weight is 402 g/mol. The Morgan fingerprint density at radius 2 is 1.95 bits per heavy atom. The van der Waals surface area contributed by atoms with Crippen molar-refractivity contribution in [3.05, 3.63) is 68.3 Å². The zero-order valence-corrected chi connectivity index (χ0v) is 13.4. The quantitative estimate of drug-likeness (QED) is 0.772. The maximum absolute atomic E-state index is 12.3. The molecule has 0 radical (unpaired) electrons. The van der Waals surface area contributed by atoms with Crippen molar-refractivity contribution >= 4 is 40.1 Å². The van der Waals surface area contributed by atoms with Crippen LogP contribution in [0.5, 0.6) is 0 Å². The van der Waals surface area contributed by atoms with E-state index in [2.05, 4.69) is 27.9 Å². The van der Waals surface area contributed by atoms with Crippen LogP contribution in [0.1, 0.15) is 22.0 Å². The van der Waals surface area contributed by atoms with Gasteiger partial charge in [0.05, 0.1) is 18.2 Å². The van der Waals surface area contributed by atoms with Gasteiger partial charge in [0.15, 0.2) is 0 Å². The van der Waals surface area contributed by atoms with Crippen LogP contribution in [0.15, 0.2) is 48.5 Å². The summed E-state index contributed by atoms with van der Waals surface area (Å²) in [5.41, 5.74) is 1.37. The van der Waals surface area contributed by atoms with E-state index in [1.54, 1.807) is 18.2 Å². The maximum atomic E-state index is 12.3. The molecule has 0 saturated carbocycles. The lowest BCUT2D eigenvalue weighted by Gasteiger charge is -2.17. The molecule has 2 rings (SSSR count). The summed E-state index contributed by atoms with van der Waals surface area (Å²) in [5, 5.41) is 12.8. The number of rotatable bonds is 4. The molecule has 0 aromatic heterocycles. The molecule has 104 valence electrons. The third-order valence-electron chi connectivity index (χ3n) is 2.86. The lowest BCUT2D eigenvalue weighted by Crippen LogP contribution is -2.31. The van der Waals surface area contributed by atoms with Gasteiger partial charge < -0.3 is 10.4 Å². The fourth-order valence-corrected chi connectivity index (χ4v) is 2.58. The standard InChI is InChI=1S/C15H13ClINO2/c16-11-6-7-13(17)12(8-11)15(20)18-14(9-19)10-4-2-1-3-5-10/h1-8,14,19H,9H2,(H,18,20)/t14-/m1/s1. The van der Waals surface area contributed by atoms with Gasteiger partial charge in [0.1, 0.15) is 0 Å². The van der Waals surface area contributed by atoms with Crippen molar-refractivity contribution in [1.82, 2.24) is 5.32 Å². The van der Waals surface area contributed by atoms with Gasteiger partial charge >= 0.3 is 0 Å². The Hall–Kier alpha value is -1.11. The van der Waals surface area contributed by atoms with Crippen LogP contribution in [0.25, 0.3) is 0 Å². The normalized spacial score (nSPS) is 11.9. The number of benzene rings is 2. The summed E-state index contributed by atoms with van der Waals surface area (Å²) in [6, 6.07) is 14.1. The van der Waals surface area contributed by atoms with E-state index in [-0.39, 0.29) is 12.5 Å². The Bertz CT molecular complexity index is 604. The molecule has 0 unspecified atom stereocenters. The molecule has 0 bridgehead atoms. The van der Waals surface area contributed by atoms with Crippen LogP contribution < -0.4 is 5.32 Å². The number of hydrogen-bond donors (Lipinski definition) is 2. The van der Waals surface area contributed by atoms with Crippen LogP contribution in [0.3, 0.4) is 0 Å². The number of amides is 1. The molecular formula is C15H13ClINO2. The molecule has 0 aliphatic rings. The van der Waals surface area contributed by atoms with E-state index in [0.717, 1.165) is 9.13 Å². The molecule has 0 fully saturated rings. The first-order valence-electron chi connectivity index (χ1n) is 6.03. The monoisotopic (exact) mass is 401 g/mol. The van der Waals surface area contributed by atoms with Crippen LogP contribution >= 0.6 is 34.2 Å².